The van der Waals surface area contributed by atoms with E-state index in [0.29, 0.717) is 19.0 Å². The Bertz CT molecular complexity index is 649. The Hall–Kier alpha value is -2.51. The van der Waals surface area contributed by atoms with E-state index in [1.807, 2.05) is 36.4 Å². The van der Waals surface area contributed by atoms with Crippen molar-refractivity contribution in [2.45, 2.75) is 39.0 Å². The van der Waals surface area contributed by atoms with Gasteiger partial charge in [0, 0.05) is 19.3 Å². The number of nitrogens with one attached hydrogen (secondary N) is 1. The van der Waals surface area contributed by atoms with Crippen molar-refractivity contribution in [3.63, 3.8) is 0 Å². The Balaban J connectivity index is 1.66. The van der Waals surface area contributed by atoms with Crippen LogP contribution in [0.4, 0.5) is 4.79 Å². The van der Waals surface area contributed by atoms with E-state index in [9.17, 15) is 9.59 Å². The SMILES string of the molecule is CC(C)(C)OC(=O)N1CCN(C2=NC3(C)C=CC=CN3N2)C(=O)C1. The summed E-state index contributed by atoms with van der Waals surface area (Å²) in [6.07, 6.45) is 7.18. The number of nitrogens with zero attached hydrogens (tertiary/aromatic N) is 4. The number of hydrogen-bond donors (Lipinski definition) is 1. The predicted octanol–water partition coefficient (Wildman–Crippen LogP) is 1.04. The monoisotopic (exact) mass is 333 g/mol. The van der Waals surface area contributed by atoms with Gasteiger partial charge in [0.2, 0.25) is 11.9 Å². The molecule has 0 radical (unpaired) electrons. The Labute approximate surface area is 141 Å². The van der Waals surface area contributed by atoms with E-state index in [-0.39, 0.29) is 12.5 Å². The molecule has 1 atom stereocenters. The molecule has 0 aromatic carbocycles. The van der Waals surface area contributed by atoms with Crippen LogP contribution in [0.25, 0.3) is 0 Å². The number of aliphatic imine (C=N–C) groups is 1. The van der Waals surface area contributed by atoms with Gasteiger partial charge in [-0.2, -0.15) is 0 Å². The van der Waals surface area contributed by atoms with Gasteiger partial charge >= 0.3 is 6.09 Å². The third kappa shape index (κ3) is 3.08. The lowest BCUT2D eigenvalue weighted by Gasteiger charge is -2.35. The topological polar surface area (TPSA) is 77.5 Å². The number of ether oxygens (including phenoxy) is 1. The van der Waals surface area contributed by atoms with Crippen molar-refractivity contribution >= 4 is 18.0 Å². The zero-order valence-electron chi connectivity index (χ0n) is 14.4. The number of hydrogen-bond acceptors (Lipinski definition) is 6. The largest absolute Gasteiger partial charge is 0.444 e. The Morgan fingerprint density at radius 2 is 2.08 bits per heavy atom. The fourth-order valence-corrected chi connectivity index (χ4v) is 2.69. The maximum absolute atomic E-state index is 12.5. The molecule has 1 fully saturated rings. The highest BCUT2D eigenvalue weighted by molar-refractivity contribution is 6.00. The van der Waals surface area contributed by atoms with Crippen LogP contribution in [-0.4, -0.2) is 63.7 Å². The first-order valence-corrected chi connectivity index (χ1v) is 7.98. The Morgan fingerprint density at radius 3 is 2.71 bits per heavy atom. The van der Waals surface area contributed by atoms with Gasteiger partial charge in [-0.1, -0.05) is 6.08 Å². The minimum absolute atomic E-state index is 0.0159. The minimum atomic E-state index is -0.579. The van der Waals surface area contributed by atoms with Gasteiger partial charge < -0.3 is 4.74 Å². The average molecular weight is 333 g/mol. The summed E-state index contributed by atoms with van der Waals surface area (Å²) in [4.78, 5) is 32.2. The third-order valence-electron chi connectivity index (χ3n) is 3.93. The van der Waals surface area contributed by atoms with Crippen LogP contribution in [0, 0.1) is 0 Å². The molecule has 0 aromatic rings. The molecule has 0 bridgehead atoms. The van der Waals surface area contributed by atoms with Gasteiger partial charge in [-0.15, -0.1) is 0 Å². The number of guanidine groups is 1. The quantitative estimate of drug-likeness (QED) is 0.717. The van der Waals surface area contributed by atoms with E-state index < -0.39 is 17.4 Å². The van der Waals surface area contributed by atoms with Crippen molar-refractivity contribution in [2.24, 2.45) is 4.99 Å². The van der Waals surface area contributed by atoms with Gasteiger partial charge in [0.1, 0.15) is 12.1 Å². The van der Waals surface area contributed by atoms with E-state index >= 15 is 0 Å². The van der Waals surface area contributed by atoms with E-state index in [0.717, 1.165) is 0 Å². The molecule has 0 saturated carbocycles. The molecule has 1 unspecified atom stereocenters. The molecular formula is C16H23N5O3. The Morgan fingerprint density at radius 1 is 1.33 bits per heavy atom. The summed E-state index contributed by atoms with van der Waals surface area (Å²) >= 11 is 0. The van der Waals surface area contributed by atoms with Gasteiger partial charge in [0.15, 0.2) is 5.66 Å². The van der Waals surface area contributed by atoms with Crippen LogP contribution in [-0.2, 0) is 9.53 Å². The van der Waals surface area contributed by atoms with Gasteiger partial charge in [-0.05, 0) is 39.8 Å². The van der Waals surface area contributed by atoms with Crippen molar-refractivity contribution in [3.05, 3.63) is 24.4 Å². The molecule has 3 aliphatic heterocycles. The molecule has 3 heterocycles. The first-order valence-electron chi connectivity index (χ1n) is 7.98. The van der Waals surface area contributed by atoms with Crippen LogP contribution in [0.5, 0.6) is 0 Å². The number of piperazine rings is 1. The average Bonchev–Trinajstić information content (AvgIpc) is 2.82. The first kappa shape index (κ1) is 16.4. The van der Waals surface area contributed by atoms with Gasteiger partial charge in [0.25, 0.3) is 0 Å². The number of carbonyl (C=O) groups is 2. The molecule has 8 nitrogen and oxygen atoms in total. The molecule has 130 valence electrons. The van der Waals surface area contributed by atoms with Gasteiger partial charge in [0.05, 0.1) is 0 Å². The molecule has 0 spiro atoms. The van der Waals surface area contributed by atoms with Crippen molar-refractivity contribution in [1.29, 1.82) is 0 Å². The number of hydrazine groups is 1. The molecule has 1 saturated heterocycles. The summed E-state index contributed by atoms with van der Waals surface area (Å²) in [7, 11) is 0. The van der Waals surface area contributed by atoms with Crippen LogP contribution in [0.3, 0.4) is 0 Å². The maximum atomic E-state index is 12.5. The molecule has 1 N–H and O–H groups in total. The zero-order valence-corrected chi connectivity index (χ0v) is 14.4. The highest BCUT2D eigenvalue weighted by Gasteiger charge is 2.40. The second-order valence-electron chi connectivity index (χ2n) is 7.16. The van der Waals surface area contributed by atoms with Crippen molar-refractivity contribution in [2.75, 3.05) is 19.6 Å². The van der Waals surface area contributed by atoms with Gasteiger partial charge in [-0.25, -0.2) is 9.79 Å². The van der Waals surface area contributed by atoms with Crippen LogP contribution in [0.15, 0.2) is 29.4 Å². The molecule has 3 aliphatic rings. The lowest BCUT2D eigenvalue weighted by Crippen LogP contribution is -2.57. The first-order chi connectivity index (χ1) is 11.2. The number of fused-ring (bicyclic) bond motifs is 1. The smallest absolute Gasteiger partial charge is 0.410 e. The lowest BCUT2D eigenvalue weighted by molar-refractivity contribution is -0.131. The molecule has 2 amide bonds. The van der Waals surface area contributed by atoms with E-state index in [2.05, 4.69) is 10.4 Å². The fourth-order valence-electron chi connectivity index (χ4n) is 2.69. The maximum Gasteiger partial charge on any atom is 0.410 e. The second kappa shape index (κ2) is 5.54. The molecular weight excluding hydrogens is 310 g/mol. The summed E-state index contributed by atoms with van der Waals surface area (Å²) < 4.78 is 5.32. The summed E-state index contributed by atoms with van der Waals surface area (Å²) in [5.74, 6) is 0.317. The van der Waals surface area contributed by atoms with Crippen molar-refractivity contribution in [1.82, 2.24) is 20.2 Å². The van der Waals surface area contributed by atoms with E-state index in [4.69, 9.17) is 4.74 Å². The lowest BCUT2D eigenvalue weighted by atomic mass is 10.1. The Kier molecular flexibility index (Phi) is 3.77. The van der Waals surface area contributed by atoms with Crippen molar-refractivity contribution in [3.8, 4) is 0 Å². The summed E-state index contributed by atoms with van der Waals surface area (Å²) in [6, 6.07) is 0. The number of rotatable bonds is 0. The van der Waals surface area contributed by atoms with Crippen LogP contribution in [0.1, 0.15) is 27.7 Å². The van der Waals surface area contributed by atoms with Crippen molar-refractivity contribution < 1.29 is 14.3 Å². The molecule has 0 aromatic heterocycles. The summed E-state index contributed by atoms with van der Waals surface area (Å²) in [5, 5.41) is 1.84. The molecule has 24 heavy (non-hydrogen) atoms. The molecule has 3 rings (SSSR count). The number of allylic oxidation sites excluding steroid dienone is 2. The normalized spacial score (nSPS) is 26.2. The zero-order chi connectivity index (χ0) is 17.5. The number of carbonyl (C=O) groups excluding carboxylic acids is 2. The fraction of sp³-hybridized carbons (Fsp3) is 0.562. The second-order valence-corrected chi connectivity index (χ2v) is 7.16. The molecule has 0 aliphatic carbocycles. The van der Waals surface area contributed by atoms with E-state index in [1.165, 1.54) is 4.90 Å². The van der Waals surface area contributed by atoms with Crippen LogP contribution >= 0.6 is 0 Å². The molecule has 8 heteroatoms. The van der Waals surface area contributed by atoms with Crippen LogP contribution < -0.4 is 5.43 Å². The van der Waals surface area contributed by atoms with Gasteiger partial charge in [-0.3, -0.25) is 25.0 Å². The highest BCUT2D eigenvalue weighted by Crippen LogP contribution is 2.26. The van der Waals surface area contributed by atoms with Crippen LogP contribution in [0.2, 0.25) is 0 Å². The highest BCUT2D eigenvalue weighted by atomic mass is 16.6. The standard InChI is InChI=1S/C16H23N5O3/c1-15(2,3)24-14(23)19-9-10-20(12(22)11-19)13-17-16(4)7-5-6-8-21(16)18-13/h5-8H,9-11H2,1-4H3,(H,17,18). The minimum Gasteiger partial charge on any atom is -0.444 e. The predicted molar refractivity (Wildman–Crippen MR) is 88.6 cm³/mol. The number of amides is 2. The van der Waals surface area contributed by atoms with E-state index in [1.54, 1.807) is 25.7 Å². The summed E-state index contributed by atoms with van der Waals surface area (Å²) in [5.41, 5.74) is 2.02. The third-order valence-corrected chi connectivity index (χ3v) is 3.93. The summed E-state index contributed by atoms with van der Waals surface area (Å²) in [6.45, 7) is 8.13.